The van der Waals surface area contributed by atoms with Crippen LogP contribution in [-0.4, -0.2) is 44.5 Å². The second-order valence-electron chi connectivity index (χ2n) is 9.57. The molecule has 3 fully saturated rings. The molecule has 1 aliphatic carbocycles. The zero-order valence-electron chi connectivity index (χ0n) is 19.6. The predicted molar refractivity (Wildman–Crippen MR) is 130 cm³/mol. The van der Waals surface area contributed by atoms with Crippen LogP contribution in [-0.2, 0) is 5.00 Å². The summed E-state index contributed by atoms with van der Waals surface area (Å²) in [7, 11) is 0. The van der Waals surface area contributed by atoms with Crippen LogP contribution in [0.15, 0.2) is 30.5 Å². The van der Waals surface area contributed by atoms with E-state index in [1.54, 1.807) is 36.1 Å². The maximum absolute atomic E-state index is 14.4. The van der Waals surface area contributed by atoms with E-state index in [4.69, 9.17) is 16.6 Å². The highest BCUT2D eigenvalue weighted by molar-refractivity contribution is 6.26. The number of fused-ring (bicyclic) bond motifs is 4. The van der Waals surface area contributed by atoms with Crippen molar-refractivity contribution in [2.24, 2.45) is 5.92 Å². The van der Waals surface area contributed by atoms with Crippen LogP contribution >= 0.6 is 11.6 Å². The molecule has 2 aromatic heterocycles. The third kappa shape index (κ3) is 4.07. The van der Waals surface area contributed by atoms with E-state index in [1.165, 1.54) is 6.20 Å². The Morgan fingerprint density at radius 2 is 2.14 bits per heavy atom. The number of alkyl halides is 3. The number of halogens is 3. The van der Waals surface area contributed by atoms with Crippen molar-refractivity contribution in [3.63, 3.8) is 0 Å². The number of nitrogens with zero attached hydrogens (tertiary/aromatic N) is 5. The number of carboxylic acid groups (broad SMARTS) is 1. The van der Waals surface area contributed by atoms with E-state index in [0.717, 1.165) is 5.56 Å². The normalized spacial score (nSPS) is 22.2. The number of hydrogen-bond donors (Lipinski definition) is 2. The zero-order chi connectivity index (χ0) is 25.8. The molecule has 0 radical (unpaired) electrons. The molecule has 6 rings (SSSR count). The first kappa shape index (κ1) is 24.1. The van der Waals surface area contributed by atoms with Gasteiger partial charge in [-0.2, -0.15) is 5.26 Å². The smallest absolute Gasteiger partial charge is 0.356 e. The minimum atomic E-state index is -2.73. The molecule has 2 N–H and O–H groups in total. The average molecular weight is 513 g/mol. The maximum Gasteiger partial charge on any atom is 0.356 e. The Balaban J connectivity index is 1.63. The number of piperidine rings is 2. The van der Waals surface area contributed by atoms with Crippen LogP contribution in [0.4, 0.5) is 20.3 Å². The minimum absolute atomic E-state index is 0.0690. The standard InChI is InChI=1S/C25H23ClF2N6O2/c1-13-8-16(24(2,26)33-17-4-3-7-30-21(17)23(35)36)20-18(9-13)31-19(11-29)22(32-20)34-12-14-5-6-15(34)10-25(14,27)28/h3-4,7-9,14-15,33H,5-6,10,12H2,1-2H3,(H,35,36)/t14?,15?,24-/m0/s1. The second kappa shape index (κ2) is 8.52. The summed E-state index contributed by atoms with van der Waals surface area (Å²) in [5.74, 6) is -4.48. The van der Waals surface area contributed by atoms with Crippen LogP contribution in [0.3, 0.4) is 0 Å². The predicted octanol–water partition coefficient (Wildman–Crippen LogP) is 5.05. The molecule has 3 aromatic rings. The van der Waals surface area contributed by atoms with Crippen molar-refractivity contribution in [2.75, 3.05) is 16.8 Å². The van der Waals surface area contributed by atoms with Gasteiger partial charge in [0.05, 0.1) is 16.7 Å². The number of carboxylic acids is 1. The molecule has 2 bridgehead atoms. The molecule has 0 amide bonds. The molecule has 4 heterocycles. The van der Waals surface area contributed by atoms with Crippen molar-refractivity contribution in [3.05, 3.63) is 53.0 Å². The molecule has 8 nitrogen and oxygen atoms in total. The van der Waals surface area contributed by atoms with E-state index in [2.05, 4.69) is 21.4 Å². The van der Waals surface area contributed by atoms with Crippen LogP contribution in [0, 0.1) is 24.2 Å². The molecule has 2 unspecified atom stereocenters. The molecule has 1 saturated carbocycles. The number of hydrogen-bond acceptors (Lipinski definition) is 7. The van der Waals surface area contributed by atoms with Gasteiger partial charge in [0.15, 0.2) is 17.2 Å². The Kier molecular flexibility index (Phi) is 5.71. The second-order valence-corrected chi connectivity index (χ2v) is 10.3. The fourth-order valence-corrected chi connectivity index (χ4v) is 5.49. The van der Waals surface area contributed by atoms with E-state index >= 15 is 0 Å². The lowest BCUT2D eigenvalue weighted by molar-refractivity contribution is -0.106. The number of aromatic nitrogens is 3. The van der Waals surface area contributed by atoms with E-state index < -0.39 is 28.8 Å². The summed E-state index contributed by atoms with van der Waals surface area (Å²) < 4.78 is 28.8. The third-order valence-electron chi connectivity index (χ3n) is 6.97. The van der Waals surface area contributed by atoms with Crippen LogP contribution in [0.1, 0.15) is 53.5 Å². The molecule has 186 valence electrons. The number of pyridine rings is 1. The van der Waals surface area contributed by atoms with Gasteiger partial charge in [-0.1, -0.05) is 17.7 Å². The molecule has 2 aliphatic heterocycles. The summed E-state index contributed by atoms with van der Waals surface area (Å²) >= 11 is 6.96. The summed E-state index contributed by atoms with van der Waals surface area (Å²) in [6.07, 6.45) is 2.12. The average Bonchev–Trinajstić information content (AvgIpc) is 2.82. The van der Waals surface area contributed by atoms with Gasteiger partial charge in [-0.05, 0) is 50.5 Å². The zero-order valence-corrected chi connectivity index (χ0v) is 20.4. The molecule has 3 atom stereocenters. The van der Waals surface area contributed by atoms with E-state index in [-0.39, 0.29) is 35.9 Å². The number of rotatable bonds is 5. The van der Waals surface area contributed by atoms with Crippen LogP contribution in [0.5, 0.6) is 0 Å². The van der Waals surface area contributed by atoms with Gasteiger partial charge < -0.3 is 15.3 Å². The monoisotopic (exact) mass is 512 g/mol. The third-order valence-corrected chi connectivity index (χ3v) is 7.27. The fourth-order valence-electron chi connectivity index (χ4n) is 5.25. The summed E-state index contributed by atoms with van der Waals surface area (Å²) in [5.41, 5.74) is 2.23. The summed E-state index contributed by atoms with van der Waals surface area (Å²) in [6, 6.07) is 8.37. The van der Waals surface area contributed by atoms with Crippen LogP contribution in [0.2, 0.25) is 0 Å². The van der Waals surface area contributed by atoms with Gasteiger partial charge in [-0.15, -0.1) is 0 Å². The molecule has 1 aromatic carbocycles. The Morgan fingerprint density at radius 3 is 2.78 bits per heavy atom. The lowest BCUT2D eigenvalue weighted by Gasteiger charge is -2.49. The quantitative estimate of drug-likeness (QED) is 0.360. The van der Waals surface area contributed by atoms with Crippen LogP contribution < -0.4 is 10.2 Å². The summed E-state index contributed by atoms with van der Waals surface area (Å²) in [6.45, 7) is 3.60. The Bertz CT molecular complexity index is 1420. The lowest BCUT2D eigenvalue weighted by Crippen LogP contribution is -2.57. The van der Waals surface area contributed by atoms with Gasteiger partial charge >= 0.3 is 5.97 Å². The minimum Gasteiger partial charge on any atom is -0.476 e. The Labute approximate surface area is 210 Å². The SMILES string of the molecule is Cc1cc([C@@](C)(Cl)Nc2cccnc2C(=O)O)c2nc(N3CC4CCC3CC4(F)F)c(C#N)nc2c1. The molecular weight excluding hydrogens is 490 g/mol. The molecule has 2 saturated heterocycles. The first-order valence-electron chi connectivity index (χ1n) is 11.5. The number of aryl methyl sites for hydroxylation is 1. The molecular formula is C25H23ClF2N6O2. The number of carbonyl (C=O) groups is 1. The number of nitriles is 1. The molecule has 36 heavy (non-hydrogen) atoms. The van der Waals surface area contributed by atoms with Gasteiger partial charge in [0.1, 0.15) is 11.1 Å². The Hall–Kier alpha value is -3.58. The van der Waals surface area contributed by atoms with Gasteiger partial charge in [0, 0.05) is 36.7 Å². The van der Waals surface area contributed by atoms with Gasteiger partial charge in [-0.3, -0.25) is 0 Å². The largest absolute Gasteiger partial charge is 0.476 e. The highest BCUT2D eigenvalue weighted by Crippen LogP contribution is 2.47. The lowest BCUT2D eigenvalue weighted by atomic mass is 9.77. The van der Waals surface area contributed by atoms with Crippen molar-refractivity contribution in [3.8, 4) is 6.07 Å². The van der Waals surface area contributed by atoms with E-state index in [9.17, 15) is 23.9 Å². The first-order chi connectivity index (χ1) is 17.0. The topological polar surface area (TPSA) is 115 Å². The summed E-state index contributed by atoms with van der Waals surface area (Å²) in [5, 5.41) is 22.4. The van der Waals surface area contributed by atoms with Crippen molar-refractivity contribution < 1.29 is 18.7 Å². The van der Waals surface area contributed by atoms with Crippen LogP contribution in [0.25, 0.3) is 11.0 Å². The summed E-state index contributed by atoms with van der Waals surface area (Å²) in [4.78, 5) is 25.3. The van der Waals surface area contributed by atoms with Crippen molar-refractivity contribution in [1.82, 2.24) is 15.0 Å². The van der Waals surface area contributed by atoms with Crippen molar-refractivity contribution in [2.45, 2.75) is 50.1 Å². The number of anilines is 2. The van der Waals surface area contributed by atoms with Crippen molar-refractivity contribution in [1.29, 1.82) is 5.26 Å². The molecule has 0 spiro atoms. The fraction of sp³-hybridized carbons (Fsp3) is 0.400. The van der Waals surface area contributed by atoms with Gasteiger partial charge in [-0.25, -0.2) is 28.5 Å². The maximum atomic E-state index is 14.4. The highest BCUT2D eigenvalue weighted by atomic mass is 35.5. The first-order valence-corrected chi connectivity index (χ1v) is 11.9. The number of benzene rings is 1. The number of aromatic carboxylic acids is 1. The van der Waals surface area contributed by atoms with E-state index in [1.807, 2.05) is 6.92 Å². The Morgan fingerprint density at radius 1 is 1.36 bits per heavy atom. The van der Waals surface area contributed by atoms with Crippen molar-refractivity contribution >= 4 is 40.1 Å². The van der Waals surface area contributed by atoms with Gasteiger partial charge in [0.25, 0.3) is 5.92 Å². The molecule has 3 aliphatic rings. The molecule has 11 heteroatoms. The highest BCUT2D eigenvalue weighted by Gasteiger charge is 2.52. The van der Waals surface area contributed by atoms with E-state index in [0.29, 0.717) is 29.4 Å². The van der Waals surface area contributed by atoms with Gasteiger partial charge in [0.2, 0.25) is 0 Å². The number of nitrogens with one attached hydrogen (secondary N) is 1.